The Hall–Kier alpha value is -0.870. The molecule has 0 aromatic carbocycles. The molecule has 0 spiro atoms. The third-order valence-corrected chi connectivity index (χ3v) is 4.01. The second-order valence-electron chi connectivity index (χ2n) is 4.41. The number of primary amides is 1. The van der Waals surface area contributed by atoms with Crippen LogP contribution >= 0.6 is 11.3 Å². The number of rotatable bonds is 4. The van der Waals surface area contributed by atoms with Crippen LogP contribution in [-0.2, 0) is 11.3 Å². The normalized spacial score (nSPS) is 25.5. The number of nitrogens with one attached hydrogen (secondary N) is 1. The number of thiophene rings is 1. The van der Waals surface area contributed by atoms with Gasteiger partial charge in [0, 0.05) is 12.6 Å². The minimum Gasteiger partial charge on any atom is -0.369 e. The largest absolute Gasteiger partial charge is 0.369 e. The van der Waals surface area contributed by atoms with E-state index < -0.39 is 0 Å². The van der Waals surface area contributed by atoms with Gasteiger partial charge < -0.3 is 11.1 Å². The Kier molecular flexibility index (Phi) is 3.96. The number of carbonyl (C=O) groups is 1. The first-order valence-electron chi connectivity index (χ1n) is 5.81. The van der Waals surface area contributed by atoms with Crippen molar-refractivity contribution in [2.75, 3.05) is 0 Å². The molecule has 2 unspecified atom stereocenters. The molecular formula is C12H18N2OS. The monoisotopic (exact) mass is 238 g/mol. The van der Waals surface area contributed by atoms with E-state index >= 15 is 0 Å². The summed E-state index contributed by atoms with van der Waals surface area (Å²) in [4.78, 5) is 11.3. The molecule has 1 aromatic heterocycles. The Morgan fingerprint density at radius 1 is 1.50 bits per heavy atom. The molecule has 3 N–H and O–H groups in total. The van der Waals surface area contributed by atoms with Crippen LogP contribution in [0.25, 0.3) is 0 Å². The maximum absolute atomic E-state index is 11.3. The number of nitrogens with two attached hydrogens (primary N) is 1. The van der Waals surface area contributed by atoms with Crippen LogP contribution in [-0.4, -0.2) is 11.9 Å². The third kappa shape index (κ3) is 2.83. The fraction of sp³-hybridized carbons (Fsp3) is 0.583. The molecule has 2 atom stereocenters. The van der Waals surface area contributed by atoms with Crippen LogP contribution in [0.3, 0.4) is 0 Å². The van der Waals surface area contributed by atoms with Crippen molar-refractivity contribution in [1.82, 2.24) is 5.32 Å². The average Bonchev–Trinajstić information content (AvgIpc) is 2.79. The molecular weight excluding hydrogens is 220 g/mol. The summed E-state index contributed by atoms with van der Waals surface area (Å²) in [7, 11) is 0. The fourth-order valence-electron chi connectivity index (χ4n) is 2.36. The summed E-state index contributed by atoms with van der Waals surface area (Å²) in [6.07, 6.45) is 4.34. The molecule has 1 heterocycles. The summed E-state index contributed by atoms with van der Waals surface area (Å²) < 4.78 is 0. The molecule has 1 fully saturated rings. The summed E-state index contributed by atoms with van der Waals surface area (Å²) in [6, 6.07) is 2.38. The van der Waals surface area contributed by atoms with Gasteiger partial charge in [-0.1, -0.05) is 12.8 Å². The number of hydrogen-bond acceptors (Lipinski definition) is 3. The first-order valence-corrected chi connectivity index (χ1v) is 6.75. The highest BCUT2D eigenvalue weighted by molar-refractivity contribution is 7.07. The fourth-order valence-corrected chi connectivity index (χ4v) is 3.03. The lowest BCUT2D eigenvalue weighted by molar-refractivity contribution is -0.123. The molecule has 1 amide bonds. The molecule has 1 aromatic rings. The second-order valence-corrected chi connectivity index (χ2v) is 5.19. The van der Waals surface area contributed by atoms with E-state index in [0.717, 1.165) is 25.8 Å². The Morgan fingerprint density at radius 2 is 2.31 bits per heavy atom. The van der Waals surface area contributed by atoms with Crippen molar-refractivity contribution in [3.05, 3.63) is 22.4 Å². The maximum Gasteiger partial charge on any atom is 0.222 e. The number of hydrogen-bond donors (Lipinski definition) is 2. The van der Waals surface area contributed by atoms with Crippen LogP contribution in [0.5, 0.6) is 0 Å². The molecule has 1 aliphatic carbocycles. The molecule has 4 heteroatoms. The molecule has 0 aliphatic heterocycles. The minimum absolute atomic E-state index is 0.0207. The van der Waals surface area contributed by atoms with Gasteiger partial charge in [-0.3, -0.25) is 4.79 Å². The van der Waals surface area contributed by atoms with Crippen LogP contribution in [0, 0.1) is 5.92 Å². The number of amides is 1. The van der Waals surface area contributed by atoms with Gasteiger partial charge in [-0.25, -0.2) is 0 Å². The van der Waals surface area contributed by atoms with E-state index in [4.69, 9.17) is 5.73 Å². The van der Waals surface area contributed by atoms with Crippen molar-refractivity contribution in [1.29, 1.82) is 0 Å². The van der Waals surface area contributed by atoms with Crippen molar-refractivity contribution >= 4 is 17.2 Å². The first kappa shape index (κ1) is 11.6. The van der Waals surface area contributed by atoms with Crippen LogP contribution in [0.2, 0.25) is 0 Å². The Labute approximate surface area is 100 Å². The zero-order valence-corrected chi connectivity index (χ0v) is 10.1. The summed E-state index contributed by atoms with van der Waals surface area (Å²) in [5.41, 5.74) is 6.72. The summed E-state index contributed by atoms with van der Waals surface area (Å²) in [5, 5.41) is 7.67. The van der Waals surface area contributed by atoms with Crippen molar-refractivity contribution < 1.29 is 4.79 Å². The van der Waals surface area contributed by atoms with Gasteiger partial charge in [0.1, 0.15) is 0 Å². The van der Waals surface area contributed by atoms with E-state index in [1.54, 1.807) is 11.3 Å². The van der Waals surface area contributed by atoms with Crippen molar-refractivity contribution in [2.45, 2.75) is 38.3 Å². The SMILES string of the molecule is NC(=O)C1CCCCC1NCc1ccsc1. The van der Waals surface area contributed by atoms with E-state index in [1.165, 1.54) is 12.0 Å². The standard InChI is InChI=1S/C12H18N2OS/c13-12(15)10-3-1-2-4-11(10)14-7-9-5-6-16-8-9/h5-6,8,10-11,14H,1-4,7H2,(H2,13,15). The van der Waals surface area contributed by atoms with Gasteiger partial charge in [0.25, 0.3) is 0 Å². The van der Waals surface area contributed by atoms with Crippen molar-refractivity contribution in [3.8, 4) is 0 Å². The minimum atomic E-state index is -0.150. The highest BCUT2D eigenvalue weighted by Gasteiger charge is 2.28. The second kappa shape index (κ2) is 5.46. The highest BCUT2D eigenvalue weighted by Crippen LogP contribution is 2.24. The van der Waals surface area contributed by atoms with Crippen molar-refractivity contribution in [3.63, 3.8) is 0 Å². The molecule has 0 radical (unpaired) electrons. The molecule has 88 valence electrons. The van der Waals surface area contributed by atoms with E-state index in [0.29, 0.717) is 0 Å². The lowest BCUT2D eigenvalue weighted by Crippen LogP contribution is -2.44. The number of carbonyl (C=O) groups excluding carboxylic acids is 1. The zero-order valence-electron chi connectivity index (χ0n) is 9.32. The predicted molar refractivity (Wildman–Crippen MR) is 66.1 cm³/mol. The topological polar surface area (TPSA) is 55.1 Å². The highest BCUT2D eigenvalue weighted by atomic mass is 32.1. The van der Waals surface area contributed by atoms with Gasteiger partial charge in [-0.15, -0.1) is 0 Å². The van der Waals surface area contributed by atoms with Gasteiger partial charge in [0.05, 0.1) is 5.92 Å². The summed E-state index contributed by atoms with van der Waals surface area (Å²) in [6.45, 7) is 0.845. The van der Waals surface area contributed by atoms with Crippen LogP contribution in [0.4, 0.5) is 0 Å². The zero-order chi connectivity index (χ0) is 11.4. The van der Waals surface area contributed by atoms with Crippen LogP contribution < -0.4 is 11.1 Å². The van der Waals surface area contributed by atoms with E-state index in [9.17, 15) is 4.79 Å². The van der Waals surface area contributed by atoms with Crippen LogP contribution in [0.15, 0.2) is 16.8 Å². The Balaban J connectivity index is 1.89. The van der Waals surface area contributed by atoms with Gasteiger partial charge in [0.2, 0.25) is 5.91 Å². The molecule has 1 saturated carbocycles. The quantitative estimate of drug-likeness (QED) is 0.841. The molecule has 3 nitrogen and oxygen atoms in total. The summed E-state index contributed by atoms with van der Waals surface area (Å²) >= 11 is 1.70. The van der Waals surface area contributed by atoms with Gasteiger partial charge in [0.15, 0.2) is 0 Å². The van der Waals surface area contributed by atoms with E-state index in [-0.39, 0.29) is 17.9 Å². The lowest BCUT2D eigenvalue weighted by Gasteiger charge is -2.30. The van der Waals surface area contributed by atoms with E-state index in [1.807, 2.05) is 0 Å². The van der Waals surface area contributed by atoms with Gasteiger partial charge in [-0.2, -0.15) is 11.3 Å². The molecule has 16 heavy (non-hydrogen) atoms. The Bertz CT molecular complexity index is 337. The maximum atomic E-state index is 11.3. The first-order chi connectivity index (χ1) is 7.77. The molecule has 0 saturated heterocycles. The van der Waals surface area contributed by atoms with Gasteiger partial charge >= 0.3 is 0 Å². The summed E-state index contributed by atoms with van der Waals surface area (Å²) in [5.74, 6) is -0.130. The average molecular weight is 238 g/mol. The predicted octanol–water partition coefficient (Wildman–Crippen LogP) is 1.88. The molecule has 0 bridgehead atoms. The molecule has 2 rings (SSSR count). The van der Waals surface area contributed by atoms with E-state index in [2.05, 4.69) is 22.1 Å². The third-order valence-electron chi connectivity index (χ3n) is 3.28. The smallest absolute Gasteiger partial charge is 0.222 e. The molecule has 1 aliphatic rings. The van der Waals surface area contributed by atoms with Crippen LogP contribution in [0.1, 0.15) is 31.2 Å². The van der Waals surface area contributed by atoms with Gasteiger partial charge in [-0.05, 0) is 35.2 Å². The van der Waals surface area contributed by atoms with Crippen molar-refractivity contribution in [2.24, 2.45) is 11.7 Å². The lowest BCUT2D eigenvalue weighted by atomic mass is 9.84. The Morgan fingerprint density at radius 3 is 3.00 bits per heavy atom.